The first kappa shape index (κ1) is 35.1. The monoisotopic (exact) mass is 696 g/mol. The van der Waals surface area contributed by atoms with Crippen molar-refractivity contribution in [2.24, 2.45) is 5.73 Å². The summed E-state index contributed by atoms with van der Waals surface area (Å²) in [5.41, 5.74) is 9.48. The summed E-state index contributed by atoms with van der Waals surface area (Å²) < 4.78 is 11.3. The first-order valence-electron chi connectivity index (χ1n) is 17.3. The highest BCUT2D eigenvalue weighted by Gasteiger charge is 2.36. The summed E-state index contributed by atoms with van der Waals surface area (Å²) in [7, 11) is 0. The van der Waals surface area contributed by atoms with Crippen molar-refractivity contribution in [3.63, 3.8) is 0 Å². The van der Waals surface area contributed by atoms with Crippen molar-refractivity contribution in [1.29, 1.82) is 0 Å². The third-order valence-electron chi connectivity index (χ3n) is 8.89. The summed E-state index contributed by atoms with van der Waals surface area (Å²) >= 11 is 1.68. The van der Waals surface area contributed by atoms with Crippen molar-refractivity contribution in [2.45, 2.75) is 90.5 Å². The number of carbonyl (C=O) groups is 2. The number of fused-ring (bicyclic) bond motifs is 1. The maximum Gasteiger partial charge on any atom is 0.410 e. The minimum absolute atomic E-state index is 0.141. The number of nitrogens with two attached hydrogens (primary N) is 1. The van der Waals surface area contributed by atoms with Crippen LogP contribution in [0.25, 0.3) is 37.5 Å². The summed E-state index contributed by atoms with van der Waals surface area (Å²) in [5, 5.41) is 5.58. The second kappa shape index (κ2) is 13.9. The lowest BCUT2D eigenvalue weighted by atomic mass is 9.97. The van der Waals surface area contributed by atoms with Crippen LogP contribution >= 0.6 is 11.3 Å². The average Bonchev–Trinajstić information content (AvgIpc) is 3.87. The Morgan fingerprint density at radius 1 is 0.920 bits per heavy atom. The predicted octanol–water partition coefficient (Wildman–Crippen LogP) is 8.79. The Morgan fingerprint density at radius 2 is 1.56 bits per heavy atom. The van der Waals surface area contributed by atoms with Crippen LogP contribution in [-0.4, -0.2) is 62.3 Å². The van der Waals surface area contributed by atoms with E-state index in [-0.39, 0.29) is 24.3 Å². The standard InChI is InChI=1S/C39H48N6O4S/c1-24(31-16-10-20-44(31)36(46)48-38(2,3)4)42-29(22-40)27-14-8-13-26-25(27)12-9-15-28(26)33-18-19-34(50-33)30-23-41-35(43-30)32-17-11-21-45(32)37(47)49-39(5,6)7/h8-9,12-15,18-19,22-23,31-32,42H,1,10-11,16-17,20-21,40H2,2-7H3,(H,41,43)/b29-22-/t31-,32?/m1/s1. The molecule has 4 N–H and O–H groups in total. The van der Waals surface area contributed by atoms with Crippen LogP contribution in [0.5, 0.6) is 0 Å². The lowest BCUT2D eigenvalue weighted by molar-refractivity contribution is 0.0215. The fraction of sp³-hybridized carbons (Fsp3) is 0.410. The summed E-state index contributed by atoms with van der Waals surface area (Å²) in [5.74, 6) is 0.773. The van der Waals surface area contributed by atoms with Gasteiger partial charge < -0.3 is 25.5 Å². The second-order valence-corrected chi connectivity index (χ2v) is 16.0. The van der Waals surface area contributed by atoms with Crippen molar-refractivity contribution in [3.05, 3.63) is 84.6 Å². The molecule has 10 nitrogen and oxygen atoms in total. The molecule has 2 aliphatic rings. The maximum atomic E-state index is 13.0. The molecule has 2 amide bonds. The zero-order valence-electron chi connectivity index (χ0n) is 29.8. The van der Waals surface area contributed by atoms with Crippen molar-refractivity contribution in [2.75, 3.05) is 13.1 Å². The second-order valence-electron chi connectivity index (χ2n) is 14.9. The Morgan fingerprint density at radius 3 is 2.28 bits per heavy atom. The van der Waals surface area contributed by atoms with E-state index >= 15 is 0 Å². The van der Waals surface area contributed by atoms with E-state index in [2.05, 4.69) is 53.3 Å². The number of benzene rings is 2. The molecule has 11 heteroatoms. The first-order chi connectivity index (χ1) is 23.7. The van der Waals surface area contributed by atoms with Crippen LogP contribution in [0.15, 0.2) is 73.2 Å². The molecule has 6 rings (SSSR count). The number of hydrogen-bond acceptors (Lipinski definition) is 8. The third-order valence-corrected chi connectivity index (χ3v) is 10.0. The third kappa shape index (κ3) is 7.52. The van der Waals surface area contributed by atoms with Crippen LogP contribution in [0.1, 0.15) is 84.7 Å². The fourth-order valence-corrected chi connectivity index (χ4v) is 7.74. The number of thiophene rings is 1. The van der Waals surface area contributed by atoms with Crippen molar-refractivity contribution in [1.82, 2.24) is 25.1 Å². The number of likely N-dealkylation sites (tertiary alicyclic amines) is 2. The van der Waals surface area contributed by atoms with Gasteiger partial charge in [-0.1, -0.05) is 43.0 Å². The number of amides is 2. The topological polar surface area (TPSA) is 126 Å². The Kier molecular flexibility index (Phi) is 9.72. The molecular formula is C39H48N6O4S. The molecule has 264 valence electrons. The molecule has 0 bridgehead atoms. The SMILES string of the molecule is C=C(N/C(=C\N)c1cccc2c(-c3ccc(-c4cnc(C5CCCN5C(=O)OC(C)(C)C)[nH]4)s3)cccc12)[C@H]1CCCN1C(=O)OC(C)(C)C. The van der Waals surface area contributed by atoms with Crippen LogP contribution in [-0.2, 0) is 9.47 Å². The molecule has 0 saturated carbocycles. The van der Waals surface area contributed by atoms with Gasteiger partial charge in [0.2, 0.25) is 0 Å². The van der Waals surface area contributed by atoms with E-state index in [0.29, 0.717) is 18.8 Å². The lowest BCUT2D eigenvalue weighted by Crippen LogP contribution is -2.42. The van der Waals surface area contributed by atoms with Gasteiger partial charge >= 0.3 is 12.2 Å². The van der Waals surface area contributed by atoms with Crippen LogP contribution in [0.3, 0.4) is 0 Å². The zero-order chi connectivity index (χ0) is 35.8. The van der Waals surface area contributed by atoms with Crippen molar-refractivity contribution < 1.29 is 19.1 Å². The number of imidazole rings is 1. The summed E-state index contributed by atoms with van der Waals surface area (Å²) in [6, 6.07) is 16.4. The number of nitrogens with one attached hydrogen (secondary N) is 2. The highest BCUT2D eigenvalue weighted by Crippen LogP contribution is 2.40. The zero-order valence-corrected chi connectivity index (χ0v) is 30.7. The molecule has 2 atom stereocenters. The van der Waals surface area contributed by atoms with Gasteiger partial charge in [0.1, 0.15) is 17.0 Å². The van der Waals surface area contributed by atoms with Gasteiger partial charge in [-0.15, -0.1) is 11.3 Å². The molecule has 2 aliphatic heterocycles. The van der Waals surface area contributed by atoms with Gasteiger partial charge in [0.25, 0.3) is 0 Å². The molecule has 0 aliphatic carbocycles. The average molecular weight is 697 g/mol. The van der Waals surface area contributed by atoms with Crippen LogP contribution in [0.4, 0.5) is 9.59 Å². The Hall–Kier alpha value is -4.77. The van der Waals surface area contributed by atoms with E-state index in [4.69, 9.17) is 20.2 Å². The van der Waals surface area contributed by atoms with E-state index < -0.39 is 11.2 Å². The van der Waals surface area contributed by atoms with Crippen LogP contribution in [0.2, 0.25) is 0 Å². The minimum Gasteiger partial charge on any atom is -0.444 e. The molecule has 2 saturated heterocycles. The number of nitrogens with zero attached hydrogens (tertiary/aromatic N) is 3. The molecule has 50 heavy (non-hydrogen) atoms. The number of H-pyrrole nitrogens is 1. The molecule has 2 aromatic carbocycles. The molecule has 1 unspecified atom stereocenters. The highest BCUT2D eigenvalue weighted by molar-refractivity contribution is 7.18. The Bertz CT molecular complexity index is 1930. The number of carbonyl (C=O) groups excluding carboxylic acids is 2. The van der Waals surface area contributed by atoms with Gasteiger partial charge in [-0.2, -0.15) is 0 Å². The lowest BCUT2D eigenvalue weighted by Gasteiger charge is -2.30. The van der Waals surface area contributed by atoms with Gasteiger partial charge in [-0.05, 0) is 95.7 Å². The summed E-state index contributed by atoms with van der Waals surface area (Å²) in [4.78, 5) is 39.7. The van der Waals surface area contributed by atoms with Gasteiger partial charge in [0.15, 0.2) is 0 Å². The molecule has 2 aromatic heterocycles. The number of hydrogen-bond donors (Lipinski definition) is 3. The van der Waals surface area contributed by atoms with E-state index in [0.717, 1.165) is 74.6 Å². The van der Waals surface area contributed by atoms with E-state index in [9.17, 15) is 9.59 Å². The minimum atomic E-state index is -0.576. The number of aromatic amines is 1. The van der Waals surface area contributed by atoms with E-state index in [1.165, 1.54) is 0 Å². The van der Waals surface area contributed by atoms with Gasteiger partial charge in [0.05, 0.1) is 34.5 Å². The van der Waals surface area contributed by atoms with E-state index in [1.54, 1.807) is 27.3 Å². The molecule has 0 radical (unpaired) electrons. The summed E-state index contributed by atoms with van der Waals surface area (Å²) in [6.07, 6.45) is 6.18. The first-order valence-corrected chi connectivity index (χ1v) is 18.1. The quantitative estimate of drug-likeness (QED) is 0.176. The van der Waals surface area contributed by atoms with Crippen molar-refractivity contribution >= 4 is 40.0 Å². The molecule has 0 spiro atoms. The number of rotatable bonds is 7. The Labute approximate surface area is 298 Å². The smallest absolute Gasteiger partial charge is 0.410 e. The highest BCUT2D eigenvalue weighted by atomic mass is 32.1. The summed E-state index contributed by atoms with van der Waals surface area (Å²) in [6.45, 7) is 16.9. The normalized spacial score (nSPS) is 18.5. The Balaban J connectivity index is 1.22. The molecule has 4 aromatic rings. The van der Waals surface area contributed by atoms with Crippen LogP contribution in [0, 0.1) is 0 Å². The predicted molar refractivity (Wildman–Crippen MR) is 200 cm³/mol. The van der Waals surface area contributed by atoms with Gasteiger partial charge in [0, 0.05) is 35.4 Å². The molecule has 2 fully saturated rings. The van der Waals surface area contributed by atoms with Gasteiger partial charge in [-0.25, -0.2) is 14.6 Å². The molecular weight excluding hydrogens is 649 g/mol. The van der Waals surface area contributed by atoms with Crippen LogP contribution < -0.4 is 11.1 Å². The maximum absolute atomic E-state index is 13.0. The van der Waals surface area contributed by atoms with Gasteiger partial charge in [-0.3, -0.25) is 9.80 Å². The largest absolute Gasteiger partial charge is 0.444 e. The van der Waals surface area contributed by atoms with E-state index in [1.807, 2.05) is 59.9 Å². The van der Waals surface area contributed by atoms with Crippen molar-refractivity contribution in [3.8, 4) is 21.0 Å². The molecule has 4 heterocycles. The number of ether oxygens (including phenoxy) is 2. The fourth-order valence-electron chi connectivity index (χ4n) is 6.73. The number of aromatic nitrogens is 2.